The Labute approximate surface area is 114 Å². The van der Waals surface area contributed by atoms with Crippen LogP contribution in [0, 0.1) is 0 Å². The van der Waals surface area contributed by atoms with Gasteiger partial charge in [-0.2, -0.15) is 0 Å². The zero-order valence-electron chi connectivity index (χ0n) is 10.1. The highest BCUT2D eigenvalue weighted by molar-refractivity contribution is 9.08. The summed E-state index contributed by atoms with van der Waals surface area (Å²) in [6, 6.07) is 7.41. The lowest BCUT2D eigenvalue weighted by atomic mass is 10.1. The molecule has 0 aromatic heterocycles. The summed E-state index contributed by atoms with van der Waals surface area (Å²) in [5.41, 5.74) is 1.59. The van der Waals surface area contributed by atoms with Crippen LogP contribution in [0.5, 0.6) is 0 Å². The Morgan fingerprint density at radius 2 is 1.72 bits per heavy atom. The summed E-state index contributed by atoms with van der Waals surface area (Å²) in [6.45, 7) is 0. The van der Waals surface area contributed by atoms with Crippen molar-refractivity contribution in [2.75, 3.05) is 14.2 Å². The van der Waals surface area contributed by atoms with E-state index in [1.807, 2.05) is 24.3 Å². The van der Waals surface area contributed by atoms with Gasteiger partial charge >= 0.3 is 11.9 Å². The molecule has 5 heteroatoms. The van der Waals surface area contributed by atoms with Crippen LogP contribution in [-0.4, -0.2) is 26.2 Å². The Kier molecular flexibility index (Phi) is 5.58. The maximum Gasteiger partial charge on any atom is 0.345 e. The lowest BCUT2D eigenvalue weighted by Gasteiger charge is -2.06. The molecule has 0 aliphatic rings. The monoisotopic (exact) mass is 312 g/mol. The fourth-order valence-corrected chi connectivity index (χ4v) is 1.88. The van der Waals surface area contributed by atoms with Crippen molar-refractivity contribution in [2.45, 2.75) is 5.33 Å². The first-order valence-corrected chi connectivity index (χ1v) is 6.28. The Hall–Kier alpha value is -1.62. The molecule has 4 nitrogen and oxygen atoms in total. The molecular formula is C13H13BrO4. The number of carbonyl (C=O) groups excluding carboxylic acids is 2. The molecule has 0 amide bonds. The van der Waals surface area contributed by atoms with Crippen LogP contribution >= 0.6 is 15.9 Å². The minimum Gasteiger partial charge on any atom is -0.465 e. The van der Waals surface area contributed by atoms with Gasteiger partial charge in [0.15, 0.2) is 0 Å². The summed E-state index contributed by atoms with van der Waals surface area (Å²) < 4.78 is 9.12. The molecule has 0 unspecified atom stereocenters. The van der Waals surface area contributed by atoms with Crippen LogP contribution in [0.1, 0.15) is 11.1 Å². The van der Waals surface area contributed by atoms with E-state index in [1.165, 1.54) is 20.3 Å². The van der Waals surface area contributed by atoms with Crippen molar-refractivity contribution in [1.29, 1.82) is 0 Å². The number of benzene rings is 1. The average molecular weight is 313 g/mol. The minimum absolute atomic E-state index is 0.131. The molecule has 1 aromatic carbocycles. The highest BCUT2D eigenvalue weighted by Gasteiger charge is 2.19. The van der Waals surface area contributed by atoms with Crippen LogP contribution in [0.15, 0.2) is 29.8 Å². The third-order valence-corrected chi connectivity index (χ3v) is 2.91. The number of esters is 2. The molecule has 0 saturated heterocycles. The van der Waals surface area contributed by atoms with Crippen LogP contribution in [0.4, 0.5) is 0 Å². The second kappa shape index (κ2) is 6.96. The van der Waals surface area contributed by atoms with Gasteiger partial charge in [-0.05, 0) is 17.2 Å². The average Bonchev–Trinajstić information content (AvgIpc) is 2.43. The summed E-state index contributed by atoms with van der Waals surface area (Å²) in [5, 5.41) is 0.620. The second-order valence-electron chi connectivity index (χ2n) is 3.37. The van der Waals surface area contributed by atoms with E-state index in [9.17, 15) is 9.59 Å². The summed E-state index contributed by atoms with van der Waals surface area (Å²) >= 11 is 3.34. The molecular weight excluding hydrogens is 300 g/mol. The van der Waals surface area contributed by atoms with E-state index in [1.54, 1.807) is 0 Å². The smallest absolute Gasteiger partial charge is 0.345 e. The lowest BCUT2D eigenvalue weighted by Crippen LogP contribution is -2.15. The molecule has 96 valence electrons. The van der Waals surface area contributed by atoms with Crippen molar-refractivity contribution < 1.29 is 19.1 Å². The van der Waals surface area contributed by atoms with Crippen molar-refractivity contribution in [1.82, 2.24) is 0 Å². The van der Waals surface area contributed by atoms with Gasteiger partial charge in [-0.3, -0.25) is 0 Å². The Balaban J connectivity index is 3.23. The summed E-state index contributed by atoms with van der Waals surface area (Å²) in [5.74, 6) is -1.43. The van der Waals surface area contributed by atoms with E-state index in [2.05, 4.69) is 25.4 Å². The largest absolute Gasteiger partial charge is 0.465 e. The number of methoxy groups -OCH3 is 2. The Morgan fingerprint density at radius 1 is 1.17 bits per heavy atom. The quantitative estimate of drug-likeness (QED) is 0.281. The predicted molar refractivity (Wildman–Crippen MR) is 71.1 cm³/mol. The second-order valence-corrected chi connectivity index (χ2v) is 3.93. The first kappa shape index (κ1) is 14.4. The van der Waals surface area contributed by atoms with Gasteiger partial charge in [-0.25, -0.2) is 9.59 Å². The predicted octanol–water partition coefficient (Wildman–Crippen LogP) is 2.31. The van der Waals surface area contributed by atoms with Crippen LogP contribution in [0.25, 0.3) is 6.08 Å². The molecule has 18 heavy (non-hydrogen) atoms. The number of alkyl halides is 1. The number of carbonyl (C=O) groups is 2. The van der Waals surface area contributed by atoms with Gasteiger partial charge in [0.25, 0.3) is 0 Å². The van der Waals surface area contributed by atoms with Gasteiger partial charge in [0.2, 0.25) is 0 Å². The zero-order valence-corrected chi connectivity index (χ0v) is 11.7. The zero-order chi connectivity index (χ0) is 13.5. The minimum atomic E-state index is -0.716. The highest BCUT2D eigenvalue weighted by Crippen LogP contribution is 2.17. The van der Waals surface area contributed by atoms with Gasteiger partial charge in [0.05, 0.1) is 14.2 Å². The van der Waals surface area contributed by atoms with E-state index < -0.39 is 11.9 Å². The van der Waals surface area contributed by atoms with E-state index >= 15 is 0 Å². The highest BCUT2D eigenvalue weighted by atomic mass is 79.9. The molecule has 0 atom stereocenters. The molecule has 0 aliphatic carbocycles. The van der Waals surface area contributed by atoms with E-state index in [-0.39, 0.29) is 5.57 Å². The summed E-state index contributed by atoms with van der Waals surface area (Å²) in [4.78, 5) is 23.0. The number of halogens is 1. The van der Waals surface area contributed by atoms with Crippen LogP contribution in [0.2, 0.25) is 0 Å². The standard InChI is InChI=1S/C13H13BrO4/c1-17-12(15)11(13(16)18-2)7-9-5-3-4-6-10(9)8-14/h3-7H,8H2,1-2H3. The molecule has 0 bridgehead atoms. The molecule has 1 rings (SSSR count). The topological polar surface area (TPSA) is 52.6 Å². The number of rotatable bonds is 4. The fourth-order valence-electron chi connectivity index (χ4n) is 1.37. The third kappa shape index (κ3) is 3.43. The fraction of sp³-hybridized carbons (Fsp3) is 0.231. The Morgan fingerprint density at radius 3 is 2.22 bits per heavy atom. The molecule has 0 aliphatic heterocycles. The van der Waals surface area contributed by atoms with Crippen molar-refractivity contribution in [2.24, 2.45) is 0 Å². The number of hydrogen-bond donors (Lipinski definition) is 0. The van der Waals surface area contributed by atoms with Gasteiger partial charge in [0.1, 0.15) is 5.57 Å². The van der Waals surface area contributed by atoms with Crippen LogP contribution in [-0.2, 0) is 24.4 Å². The van der Waals surface area contributed by atoms with Crippen LogP contribution in [0.3, 0.4) is 0 Å². The van der Waals surface area contributed by atoms with E-state index in [0.717, 1.165) is 11.1 Å². The van der Waals surface area contributed by atoms with Crippen molar-refractivity contribution in [3.63, 3.8) is 0 Å². The van der Waals surface area contributed by atoms with Crippen molar-refractivity contribution in [3.05, 3.63) is 41.0 Å². The van der Waals surface area contributed by atoms with Gasteiger partial charge in [-0.15, -0.1) is 0 Å². The van der Waals surface area contributed by atoms with Crippen molar-refractivity contribution in [3.8, 4) is 0 Å². The molecule has 1 aromatic rings. The molecule has 0 N–H and O–H groups in total. The lowest BCUT2D eigenvalue weighted by molar-refractivity contribution is -0.143. The van der Waals surface area contributed by atoms with E-state index in [0.29, 0.717) is 5.33 Å². The number of ether oxygens (including phenoxy) is 2. The maximum atomic E-state index is 11.5. The molecule has 0 saturated carbocycles. The molecule has 0 heterocycles. The first-order valence-electron chi connectivity index (χ1n) is 5.16. The SMILES string of the molecule is COC(=O)C(=Cc1ccccc1CBr)C(=O)OC. The molecule has 0 spiro atoms. The number of hydrogen-bond acceptors (Lipinski definition) is 4. The Bertz CT molecular complexity index is 462. The molecule has 0 radical (unpaired) electrons. The van der Waals surface area contributed by atoms with Gasteiger partial charge < -0.3 is 9.47 Å². The normalized spacial score (nSPS) is 9.50. The van der Waals surface area contributed by atoms with E-state index in [4.69, 9.17) is 0 Å². The van der Waals surface area contributed by atoms with Crippen LogP contribution < -0.4 is 0 Å². The third-order valence-electron chi connectivity index (χ3n) is 2.31. The molecule has 0 fully saturated rings. The van der Waals surface area contributed by atoms with Gasteiger partial charge in [0, 0.05) is 5.33 Å². The van der Waals surface area contributed by atoms with Crippen molar-refractivity contribution >= 4 is 33.9 Å². The summed E-state index contributed by atoms with van der Waals surface area (Å²) in [6.07, 6.45) is 1.47. The maximum absolute atomic E-state index is 11.5. The summed E-state index contributed by atoms with van der Waals surface area (Å²) in [7, 11) is 2.44. The van der Waals surface area contributed by atoms with Gasteiger partial charge in [-0.1, -0.05) is 40.2 Å². The first-order chi connectivity index (χ1) is 8.63.